The van der Waals surface area contributed by atoms with E-state index in [1.54, 1.807) is 39.0 Å². The predicted molar refractivity (Wildman–Crippen MR) is 142 cm³/mol. The lowest BCUT2D eigenvalue weighted by Gasteiger charge is -2.46. The Balaban J connectivity index is 1.52. The summed E-state index contributed by atoms with van der Waals surface area (Å²) in [5.74, 6) is -0.805. The Labute approximate surface area is 223 Å². The number of amides is 4. The summed E-state index contributed by atoms with van der Waals surface area (Å²) < 4.78 is 14.5. The lowest BCUT2D eigenvalue weighted by atomic mass is 10.00. The van der Waals surface area contributed by atoms with E-state index in [1.807, 2.05) is 25.1 Å². The number of nitrogens with one attached hydrogen (secondary N) is 1. The van der Waals surface area contributed by atoms with Crippen LogP contribution in [0.1, 0.15) is 24.5 Å². The molecule has 4 amide bonds. The third-order valence-electron chi connectivity index (χ3n) is 6.98. The van der Waals surface area contributed by atoms with Gasteiger partial charge in [0.1, 0.15) is 18.0 Å². The van der Waals surface area contributed by atoms with Crippen LogP contribution in [0.3, 0.4) is 0 Å². The molecule has 0 unspecified atom stereocenters. The van der Waals surface area contributed by atoms with Gasteiger partial charge in [0.05, 0.1) is 23.3 Å². The number of nitrogens with zero attached hydrogens (tertiary/aromatic N) is 5. The van der Waals surface area contributed by atoms with Crippen molar-refractivity contribution in [3.05, 3.63) is 59.4 Å². The monoisotopic (exact) mass is 539 g/mol. The highest BCUT2D eigenvalue weighted by molar-refractivity contribution is 7.22. The number of aromatic nitrogens is 1. The van der Waals surface area contributed by atoms with Gasteiger partial charge in [0.25, 0.3) is 0 Å². The van der Waals surface area contributed by atoms with Crippen LogP contribution in [-0.2, 0) is 22.6 Å². The van der Waals surface area contributed by atoms with Crippen LogP contribution in [0.4, 0.5) is 14.3 Å². The van der Waals surface area contributed by atoms with Crippen molar-refractivity contribution in [3.63, 3.8) is 0 Å². The number of nitrogens with two attached hydrogens (primary N) is 1. The van der Waals surface area contributed by atoms with E-state index in [2.05, 4.69) is 10.3 Å². The van der Waals surface area contributed by atoms with Gasteiger partial charge in [0.2, 0.25) is 11.8 Å². The van der Waals surface area contributed by atoms with Gasteiger partial charge in [-0.1, -0.05) is 42.5 Å². The van der Waals surface area contributed by atoms with Gasteiger partial charge in [-0.3, -0.25) is 14.6 Å². The van der Waals surface area contributed by atoms with E-state index in [-0.39, 0.29) is 49.7 Å². The minimum atomic E-state index is -0.801. The summed E-state index contributed by atoms with van der Waals surface area (Å²) in [4.78, 5) is 47.8. The molecule has 2 aliphatic heterocycles. The van der Waals surface area contributed by atoms with Crippen molar-refractivity contribution >= 4 is 44.5 Å². The van der Waals surface area contributed by atoms with Crippen LogP contribution in [-0.4, -0.2) is 81.5 Å². The van der Waals surface area contributed by atoms with Crippen molar-refractivity contribution in [3.8, 4) is 0 Å². The molecule has 38 heavy (non-hydrogen) atoms. The largest absolute Gasteiger partial charge is 0.375 e. The number of piperazine rings is 1. The number of urea groups is 1. The minimum Gasteiger partial charge on any atom is -0.375 e. The number of carbonyl (C=O) groups is 3. The average Bonchev–Trinajstić information content (AvgIpc) is 3.45. The molecular formula is C26H30FN7O3S. The average molecular weight is 540 g/mol. The maximum absolute atomic E-state index is 13.9. The molecule has 2 saturated heterocycles. The van der Waals surface area contributed by atoms with Gasteiger partial charge < -0.3 is 20.9 Å². The summed E-state index contributed by atoms with van der Waals surface area (Å²) in [5, 5.41) is 6.41. The molecular weight excluding hydrogens is 509 g/mol. The molecule has 0 spiro atoms. The number of rotatable bonds is 7. The number of halogens is 1. The number of hydrogen-bond donors (Lipinski definition) is 2. The molecule has 12 heteroatoms. The second kappa shape index (κ2) is 10.5. The molecule has 2 atom stereocenters. The van der Waals surface area contributed by atoms with Crippen molar-refractivity contribution in [2.75, 3.05) is 32.4 Å². The van der Waals surface area contributed by atoms with Crippen LogP contribution in [0, 0.1) is 5.82 Å². The first kappa shape index (κ1) is 25.9. The van der Waals surface area contributed by atoms with Gasteiger partial charge in [0, 0.05) is 26.6 Å². The molecule has 3 heterocycles. The van der Waals surface area contributed by atoms with Crippen molar-refractivity contribution in [1.29, 1.82) is 0 Å². The standard InChI is InChI=1S/C26H30FN7O3S/c1-3-11-32(26(37)29-2)33-15-22(35)34-19(12-16-7-9-18(27)10-8-16)24(36)31(14-21(33)34)13-17-5-4-6-20-23(17)30-25(28)38-20/h4-10,19,21H,3,11-15H2,1-2H3,(H2,28,30)(H,29,37)/t19-,21+/m0/s1. The number of para-hydroxylation sites is 1. The molecule has 2 aromatic carbocycles. The summed E-state index contributed by atoms with van der Waals surface area (Å²) in [6.07, 6.45) is 0.390. The molecule has 3 N–H and O–H groups in total. The fourth-order valence-corrected chi connectivity index (χ4v) is 6.06. The van der Waals surface area contributed by atoms with E-state index in [4.69, 9.17) is 5.73 Å². The first-order valence-corrected chi connectivity index (χ1v) is 13.4. The quantitative estimate of drug-likeness (QED) is 0.477. The molecule has 2 fully saturated rings. The maximum Gasteiger partial charge on any atom is 0.331 e. The highest BCUT2D eigenvalue weighted by Gasteiger charge is 2.52. The number of hydrogen-bond acceptors (Lipinski definition) is 7. The lowest BCUT2D eigenvalue weighted by molar-refractivity contribution is -0.157. The third kappa shape index (κ3) is 4.76. The Bertz CT molecular complexity index is 1360. The molecule has 0 aliphatic carbocycles. The van der Waals surface area contributed by atoms with Crippen LogP contribution in [0.15, 0.2) is 42.5 Å². The summed E-state index contributed by atoms with van der Waals surface area (Å²) >= 11 is 1.38. The van der Waals surface area contributed by atoms with Crippen LogP contribution >= 0.6 is 11.3 Å². The van der Waals surface area contributed by atoms with E-state index in [0.29, 0.717) is 18.1 Å². The van der Waals surface area contributed by atoms with Gasteiger partial charge in [-0.25, -0.2) is 14.2 Å². The number of benzene rings is 2. The molecule has 200 valence electrons. The van der Waals surface area contributed by atoms with Crippen LogP contribution in [0.5, 0.6) is 0 Å². The second-order valence-electron chi connectivity index (χ2n) is 9.44. The number of anilines is 1. The third-order valence-corrected chi connectivity index (χ3v) is 7.83. The Morgan fingerprint density at radius 1 is 1.24 bits per heavy atom. The van der Waals surface area contributed by atoms with Gasteiger partial charge in [-0.2, -0.15) is 5.01 Å². The first-order chi connectivity index (χ1) is 18.3. The maximum atomic E-state index is 13.9. The van der Waals surface area contributed by atoms with Gasteiger partial charge in [-0.15, -0.1) is 0 Å². The van der Waals surface area contributed by atoms with E-state index in [9.17, 15) is 18.8 Å². The molecule has 10 nitrogen and oxygen atoms in total. The van der Waals surface area contributed by atoms with Crippen molar-refractivity contribution in [2.24, 2.45) is 0 Å². The van der Waals surface area contributed by atoms with Crippen molar-refractivity contribution in [1.82, 2.24) is 30.1 Å². The minimum absolute atomic E-state index is 0.0165. The van der Waals surface area contributed by atoms with E-state index < -0.39 is 12.2 Å². The fraction of sp³-hybridized carbons (Fsp3) is 0.385. The van der Waals surface area contributed by atoms with Crippen molar-refractivity contribution < 1.29 is 18.8 Å². The SMILES string of the molecule is CCCN(C(=O)NC)N1CC(=O)N2[C@@H](Cc3ccc(F)cc3)C(=O)N(Cc3cccc4sc(N)nc34)C[C@@H]21. The predicted octanol–water partition coefficient (Wildman–Crippen LogP) is 2.41. The fourth-order valence-electron chi connectivity index (χ4n) is 5.28. The Kier molecular flexibility index (Phi) is 7.17. The summed E-state index contributed by atoms with van der Waals surface area (Å²) in [6, 6.07) is 10.6. The topological polar surface area (TPSA) is 115 Å². The Morgan fingerprint density at radius 2 is 2.00 bits per heavy atom. The normalized spacial score (nSPS) is 19.8. The summed E-state index contributed by atoms with van der Waals surface area (Å²) in [5.41, 5.74) is 8.29. The van der Waals surface area contributed by atoms with E-state index >= 15 is 0 Å². The molecule has 0 saturated carbocycles. The highest BCUT2D eigenvalue weighted by atomic mass is 32.1. The zero-order valence-electron chi connectivity index (χ0n) is 21.3. The van der Waals surface area contributed by atoms with E-state index in [1.165, 1.54) is 23.5 Å². The first-order valence-electron chi connectivity index (χ1n) is 12.5. The Morgan fingerprint density at radius 3 is 2.71 bits per heavy atom. The number of carbonyl (C=O) groups excluding carboxylic acids is 3. The molecule has 0 radical (unpaired) electrons. The van der Waals surface area contributed by atoms with Crippen molar-refractivity contribution in [2.45, 2.75) is 38.5 Å². The van der Waals surface area contributed by atoms with Gasteiger partial charge in [-0.05, 0) is 35.7 Å². The van der Waals surface area contributed by atoms with Gasteiger partial charge in [0.15, 0.2) is 5.13 Å². The zero-order chi connectivity index (χ0) is 27.0. The summed E-state index contributed by atoms with van der Waals surface area (Å²) in [7, 11) is 1.55. The summed E-state index contributed by atoms with van der Waals surface area (Å²) in [6.45, 7) is 2.86. The van der Waals surface area contributed by atoms with Crippen LogP contribution < -0.4 is 11.1 Å². The number of nitrogen functional groups attached to an aromatic ring is 1. The molecule has 1 aromatic heterocycles. The van der Waals surface area contributed by atoms with E-state index in [0.717, 1.165) is 21.3 Å². The molecule has 3 aromatic rings. The highest BCUT2D eigenvalue weighted by Crippen LogP contribution is 2.32. The van der Waals surface area contributed by atoms with Crippen LogP contribution in [0.2, 0.25) is 0 Å². The Hall–Kier alpha value is -3.77. The lowest BCUT2D eigenvalue weighted by Crippen LogP contribution is -2.66. The number of fused-ring (bicyclic) bond motifs is 2. The molecule has 0 bridgehead atoms. The molecule has 2 aliphatic rings. The smallest absolute Gasteiger partial charge is 0.331 e. The van der Waals surface area contributed by atoms with Gasteiger partial charge >= 0.3 is 6.03 Å². The second-order valence-corrected chi connectivity index (χ2v) is 10.5. The molecule has 5 rings (SSSR count). The number of hydrazine groups is 1. The number of thiazole rings is 1. The zero-order valence-corrected chi connectivity index (χ0v) is 22.1. The van der Waals surface area contributed by atoms with Crippen LogP contribution in [0.25, 0.3) is 10.2 Å².